The number of hydrogen-bond donors (Lipinski definition) is 1. The van der Waals surface area contributed by atoms with Crippen molar-refractivity contribution in [2.75, 3.05) is 44.2 Å². The van der Waals surface area contributed by atoms with Gasteiger partial charge in [-0.2, -0.15) is 0 Å². The fourth-order valence-corrected chi connectivity index (χ4v) is 4.97. The van der Waals surface area contributed by atoms with Crippen LogP contribution >= 0.6 is 11.6 Å². The van der Waals surface area contributed by atoms with Crippen molar-refractivity contribution < 1.29 is 9.59 Å². The third-order valence-corrected chi connectivity index (χ3v) is 7.08. The molecular formula is C24H30ClN5O2. The number of anilines is 1. The molecule has 1 aliphatic carbocycles. The minimum absolute atomic E-state index is 0.100. The summed E-state index contributed by atoms with van der Waals surface area (Å²) in [4.78, 5) is 36.5. The van der Waals surface area contributed by atoms with E-state index in [4.69, 9.17) is 11.6 Å². The first kappa shape index (κ1) is 21.3. The number of nitrogens with one attached hydrogen (secondary N) is 1. The Morgan fingerprint density at radius 2 is 1.88 bits per heavy atom. The van der Waals surface area contributed by atoms with Gasteiger partial charge in [-0.05, 0) is 62.3 Å². The topological polar surface area (TPSA) is 68.8 Å². The zero-order valence-corrected chi connectivity index (χ0v) is 19.1. The molecule has 1 aromatic carbocycles. The number of nitrogens with zero attached hydrogens (tertiary/aromatic N) is 4. The van der Waals surface area contributed by atoms with Crippen molar-refractivity contribution in [3.63, 3.8) is 0 Å². The Balaban J connectivity index is 1.20. The molecule has 3 heterocycles. The fraction of sp³-hybridized carbons (Fsp3) is 0.542. The van der Waals surface area contributed by atoms with Gasteiger partial charge < -0.3 is 20.0 Å². The van der Waals surface area contributed by atoms with Gasteiger partial charge in [0.05, 0.1) is 5.52 Å². The second kappa shape index (κ2) is 9.14. The molecule has 1 saturated carbocycles. The normalized spacial score (nSPS) is 22.2. The Kier molecular flexibility index (Phi) is 6.09. The highest BCUT2D eigenvalue weighted by Gasteiger charge is 2.33. The highest BCUT2D eigenvalue weighted by molar-refractivity contribution is 6.31. The van der Waals surface area contributed by atoms with Gasteiger partial charge in [-0.15, -0.1) is 0 Å². The van der Waals surface area contributed by atoms with Gasteiger partial charge in [0.1, 0.15) is 6.04 Å². The van der Waals surface area contributed by atoms with Crippen LogP contribution in [0.5, 0.6) is 0 Å². The number of rotatable bonds is 4. The van der Waals surface area contributed by atoms with Crippen LogP contribution in [0, 0.1) is 5.92 Å². The molecule has 2 aromatic rings. The highest BCUT2D eigenvalue weighted by atomic mass is 35.5. The first-order valence-corrected chi connectivity index (χ1v) is 12.1. The molecule has 2 aliphatic heterocycles. The first-order valence-electron chi connectivity index (χ1n) is 11.7. The predicted molar refractivity (Wildman–Crippen MR) is 126 cm³/mol. The number of carbonyl (C=O) groups excluding carboxylic acids is 2. The van der Waals surface area contributed by atoms with E-state index < -0.39 is 6.04 Å². The van der Waals surface area contributed by atoms with Gasteiger partial charge in [-0.3, -0.25) is 9.78 Å². The summed E-state index contributed by atoms with van der Waals surface area (Å²) in [7, 11) is 0. The van der Waals surface area contributed by atoms with E-state index in [0.29, 0.717) is 24.0 Å². The lowest BCUT2D eigenvalue weighted by Gasteiger charge is -2.37. The summed E-state index contributed by atoms with van der Waals surface area (Å²) in [6, 6.07) is 7.27. The minimum Gasteiger partial charge on any atom is -0.367 e. The van der Waals surface area contributed by atoms with Gasteiger partial charge in [0.25, 0.3) is 0 Å². The molecular weight excluding hydrogens is 426 g/mol. The lowest BCUT2D eigenvalue weighted by atomic mass is 10.1. The van der Waals surface area contributed by atoms with Crippen molar-refractivity contribution in [3.05, 3.63) is 35.5 Å². The summed E-state index contributed by atoms with van der Waals surface area (Å²) in [5.41, 5.74) is 1.99. The maximum absolute atomic E-state index is 13.0. The molecule has 0 unspecified atom stereocenters. The molecule has 8 heteroatoms. The largest absolute Gasteiger partial charge is 0.367 e. The molecule has 2 saturated heterocycles. The van der Waals surface area contributed by atoms with E-state index in [1.165, 1.54) is 12.8 Å². The number of pyridine rings is 1. The summed E-state index contributed by atoms with van der Waals surface area (Å²) in [6.45, 7) is 4.40. The van der Waals surface area contributed by atoms with Crippen molar-refractivity contribution in [1.82, 2.24) is 20.1 Å². The van der Waals surface area contributed by atoms with E-state index >= 15 is 0 Å². The van der Waals surface area contributed by atoms with Crippen molar-refractivity contribution >= 4 is 40.1 Å². The zero-order valence-electron chi connectivity index (χ0n) is 18.3. The minimum atomic E-state index is -0.393. The SMILES string of the molecule is O=C(N[C@H]1CCCCN(CC2CC2)C1=O)N1CCN(c2ccnc3cc(Cl)ccc23)CC1. The predicted octanol–water partition coefficient (Wildman–Crippen LogP) is 3.51. The Morgan fingerprint density at radius 1 is 1.06 bits per heavy atom. The maximum Gasteiger partial charge on any atom is 0.318 e. The number of halogens is 1. The number of carbonyl (C=O) groups is 2. The lowest BCUT2D eigenvalue weighted by Crippen LogP contribution is -2.56. The summed E-state index contributed by atoms with van der Waals surface area (Å²) < 4.78 is 0. The molecule has 1 atom stereocenters. The molecule has 0 radical (unpaired) electrons. The zero-order chi connectivity index (χ0) is 22.1. The van der Waals surface area contributed by atoms with Crippen LogP contribution in [0.25, 0.3) is 10.9 Å². The van der Waals surface area contributed by atoms with Crippen LogP contribution in [-0.4, -0.2) is 72.0 Å². The second-order valence-corrected chi connectivity index (χ2v) is 9.63. The van der Waals surface area contributed by atoms with E-state index in [0.717, 1.165) is 62.0 Å². The molecule has 0 spiro atoms. The average molecular weight is 456 g/mol. The molecule has 1 aromatic heterocycles. The van der Waals surface area contributed by atoms with Crippen molar-refractivity contribution in [3.8, 4) is 0 Å². The molecule has 3 fully saturated rings. The molecule has 7 nitrogen and oxygen atoms in total. The van der Waals surface area contributed by atoms with Crippen LogP contribution in [0.1, 0.15) is 32.1 Å². The van der Waals surface area contributed by atoms with Crippen LogP contribution < -0.4 is 10.2 Å². The standard InChI is InChI=1S/C24H30ClN5O2/c25-18-6-7-19-21(15-18)26-9-8-22(19)28-11-13-29(14-12-28)24(32)27-20-3-1-2-10-30(23(20)31)16-17-4-5-17/h6-9,15,17,20H,1-5,10-14,16H2,(H,27,32)/t20-/m0/s1. The number of likely N-dealkylation sites (tertiary alicyclic amines) is 1. The summed E-state index contributed by atoms with van der Waals surface area (Å²) in [5, 5.41) is 4.78. The number of benzene rings is 1. The Bertz CT molecular complexity index is 1000. The maximum atomic E-state index is 13.0. The summed E-state index contributed by atoms with van der Waals surface area (Å²) in [6.07, 6.45) is 6.99. The molecule has 3 amide bonds. The van der Waals surface area contributed by atoms with Crippen LogP contribution in [-0.2, 0) is 4.79 Å². The Hall–Kier alpha value is -2.54. The molecule has 32 heavy (non-hydrogen) atoms. The average Bonchev–Trinajstić information content (AvgIpc) is 3.64. The van der Waals surface area contributed by atoms with Gasteiger partial charge in [0.2, 0.25) is 5.91 Å². The van der Waals surface area contributed by atoms with E-state index in [2.05, 4.69) is 15.2 Å². The number of amides is 3. The van der Waals surface area contributed by atoms with E-state index in [-0.39, 0.29) is 11.9 Å². The molecule has 1 N–H and O–H groups in total. The fourth-order valence-electron chi connectivity index (χ4n) is 4.81. The van der Waals surface area contributed by atoms with Gasteiger partial charge in [-0.25, -0.2) is 4.79 Å². The van der Waals surface area contributed by atoms with Crippen LogP contribution in [0.4, 0.5) is 10.5 Å². The van der Waals surface area contributed by atoms with Crippen LogP contribution in [0.3, 0.4) is 0 Å². The molecule has 5 rings (SSSR count). The second-order valence-electron chi connectivity index (χ2n) is 9.19. The van der Waals surface area contributed by atoms with Gasteiger partial charge >= 0.3 is 6.03 Å². The number of hydrogen-bond acceptors (Lipinski definition) is 4. The third kappa shape index (κ3) is 4.63. The lowest BCUT2D eigenvalue weighted by molar-refractivity contribution is -0.132. The van der Waals surface area contributed by atoms with Crippen molar-refractivity contribution in [2.24, 2.45) is 5.92 Å². The van der Waals surface area contributed by atoms with Gasteiger partial charge in [0.15, 0.2) is 0 Å². The molecule has 170 valence electrons. The van der Waals surface area contributed by atoms with E-state index in [1.54, 1.807) is 6.20 Å². The Labute approximate surface area is 193 Å². The van der Waals surface area contributed by atoms with Crippen molar-refractivity contribution in [1.29, 1.82) is 0 Å². The summed E-state index contributed by atoms with van der Waals surface area (Å²) >= 11 is 6.12. The number of piperazine rings is 1. The smallest absolute Gasteiger partial charge is 0.318 e. The van der Waals surface area contributed by atoms with Crippen molar-refractivity contribution in [2.45, 2.75) is 38.1 Å². The molecule has 3 aliphatic rings. The number of fused-ring (bicyclic) bond motifs is 1. The molecule has 0 bridgehead atoms. The quantitative estimate of drug-likeness (QED) is 0.766. The van der Waals surface area contributed by atoms with E-state index in [9.17, 15) is 9.59 Å². The monoisotopic (exact) mass is 455 g/mol. The van der Waals surface area contributed by atoms with Gasteiger partial charge in [0, 0.05) is 61.6 Å². The Morgan fingerprint density at radius 3 is 2.66 bits per heavy atom. The number of urea groups is 1. The van der Waals surface area contributed by atoms with Crippen LogP contribution in [0.2, 0.25) is 5.02 Å². The van der Waals surface area contributed by atoms with Gasteiger partial charge in [-0.1, -0.05) is 11.6 Å². The first-order chi connectivity index (χ1) is 15.6. The highest BCUT2D eigenvalue weighted by Crippen LogP contribution is 2.31. The summed E-state index contributed by atoms with van der Waals surface area (Å²) in [5.74, 6) is 0.769. The number of aromatic nitrogens is 1. The van der Waals surface area contributed by atoms with Crippen LogP contribution in [0.15, 0.2) is 30.5 Å². The third-order valence-electron chi connectivity index (χ3n) is 6.84. The van der Waals surface area contributed by atoms with E-state index in [1.807, 2.05) is 34.1 Å².